The summed E-state index contributed by atoms with van der Waals surface area (Å²) in [6.07, 6.45) is 0.558. The number of nitrogens with one attached hydrogen (secondary N) is 1. The van der Waals surface area contributed by atoms with E-state index in [1.165, 1.54) is 4.90 Å². The maximum atomic E-state index is 11.8. The van der Waals surface area contributed by atoms with Gasteiger partial charge in [0.25, 0.3) is 0 Å². The third-order valence-corrected chi connectivity index (χ3v) is 3.54. The van der Waals surface area contributed by atoms with Crippen molar-refractivity contribution < 1.29 is 14.4 Å². The molecule has 1 fully saturated rings. The van der Waals surface area contributed by atoms with Crippen LogP contribution in [0.2, 0.25) is 0 Å². The van der Waals surface area contributed by atoms with Gasteiger partial charge in [0.2, 0.25) is 17.1 Å². The molecule has 2 rings (SSSR count). The molecule has 1 heterocycles. The lowest BCUT2D eigenvalue weighted by molar-refractivity contribution is -0.120. The molecule has 1 aromatic carbocycles. The van der Waals surface area contributed by atoms with Gasteiger partial charge in [0.15, 0.2) is 0 Å². The van der Waals surface area contributed by atoms with E-state index in [-0.39, 0.29) is 18.2 Å². The van der Waals surface area contributed by atoms with Crippen LogP contribution in [0.1, 0.15) is 19.8 Å². The summed E-state index contributed by atoms with van der Waals surface area (Å²) in [6, 6.07) is 6.94. The van der Waals surface area contributed by atoms with Crippen molar-refractivity contribution in [2.24, 2.45) is 5.92 Å². The highest BCUT2D eigenvalue weighted by molar-refractivity contribution is 6.64. The zero-order valence-electron chi connectivity index (χ0n) is 11.1. The Balaban J connectivity index is 2.08. The van der Waals surface area contributed by atoms with Gasteiger partial charge in [0, 0.05) is 30.8 Å². The fourth-order valence-corrected chi connectivity index (χ4v) is 2.23. The Hall–Kier alpha value is -1.88. The van der Waals surface area contributed by atoms with Gasteiger partial charge in [-0.2, -0.15) is 0 Å². The van der Waals surface area contributed by atoms with E-state index in [1.807, 2.05) is 0 Å². The minimum Gasteiger partial charge on any atom is -0.326 e. The Morgan fingerprint density at radius 3 is 2.50 bits per heavy atom. The smallest absolute Gasteiger partial charge is 0.227 e. The topological polar surface area (TPSA) is 66.5 Å². The van der Waals surface area contributed by atoms with Crippen molar-refractivity contribution in [3.63, 3.8) is 0 Å². The first kappa shape index (κ1) is 14.5. The van der Waals surface area contributed by atoms with E-state index in [2.05, 4.69) is 5.32 Å². The Morgan fingerprint density at radius 2 is 2.00 bits per heavy atom. The van der Waals surface area contributed by atoms with Crippen LogP contribution >= 0.6 is 11.6 Å². The second-order valence-corrected chi connectivity index (χ2v) is 5.03. The molecule has 20 heavy (non-hydrogen) atoms. The van der Waals surface area contributed by atoms with Gasteiger partial charge in [-0.25, -0.2) is 0 Å². The molecule has 0 aliphatic carbocycles. The van der Waals surface area contributed by atoms with E-state index in [0.717, 1.165) is 0 Å². The molecule has 106 valence electrons. The summed E-state index contributed by atoms with van der Waals surface area (Å²) in [5.74, 6) is -0.624. The highest BCUT2D eigenvalue weighted by Gasteiger charge is 2.34. The van der Waals surface area contributed by atoms with E-state index in [0.29, 0.717) is 24.3 Å². The van der Waals surface area contributed by atoms with Crippen molar-refractivity contribution in [1.82, 2.24) is 0 Å². The molecule has 1 N–H and O–H groups in total. The molecule has 1 aromatic rings. The van der Waals surface area contributed by atoms with Gasteiger partial charge in [-0.05, 0) is 35.9 Å². The summed E-state index contributed by atoms with van der Waals surface area (Å²) in [7, 11) is 0. The summed E-state index contributed by atoms with van der Waals surface area (Å²) < 4.78 is 0. The molecule has 6 heteroatoms. The molecule has 0 bridgehead atoms. The number of hydrogen-bond acceptors (Lipinski definition) is 3. The van der Waals surface area contributed by atoms with Gasteiger partial charge in [-0.3, -0.25) is 14.4 Å². The van der Waals surface area contributed by atoms with Crippen LogP contribution in [0.5, 0.6) is 0 Å². The number of nitrogens with zero attached hydrogens (tertiary/aromatic N) is 1. The van der Waals surface area contributed by atoms with Crippen LogP contribution in [-0.2, 0) is 14.4 Å². The fourth-order valence-electron chi connectivity index (χ4n) is 2.08. The maximum absolute atomic E-state index is 11.8. The van der Waals surface area contributed by atoms with Gasteiger partial charge in [-0.1, -0.05) is 6.92 Å². The van der Waals surface area contributed by atoms with Crippen molar-refractivity contribution in [2.75, 3.05) is 16.8 Å². The lowest BCUT2D eigenvalue weighted by Gasteiger charge is -2.16. The summed E-state index contributed by atoms with van der Waals surface area (Å²) in [5, 5.41) is 2.25. The molecule has 1 aliphatic rings. The Labute approximate surface area is 121 Å². The molecule has 1 saturated heterocycles. The van der Waals surface area contributed by atoms with Gasteiger partial charge >= 0.3 is 0 Å². The van der Waals surface area contributed by atoms with Crippen LogP contribution < -0.4 is 10.2 Å². The maximum Gasteiger partial charge on any atom is 0.227 e. The van der Waals surface area contributed by atoms with E-state index < -0.39 is 11.2 Å². The molecule has 5 nitrogen and oxygen atoms in total. The van der Waals surface area contributed by atoms with Crippen LogP contribution in [0.15, 0.2) is 24.3 Å². The summed E-state index contributed by atoms with van der Waals surface area (Å²) in [6.45, 7) is 2.08. The number of anilines is 2. The van der Waals surface area contributed by atoms with E-state index >= 15 is 0 Å². The first-order chi connectivity index (χ1) is 9.51. The lowest BCUT2D eigenvalue weighted by atomic mass is 10.1. The van der Waals surface area contributed by atoms with Crippen LogP contribution in [-0.4, -0.2) is 23.6 Å². The number of hydrogen-bond donors (Lipinski definition) is 1. The number of carbonyl (C=O) groups is 3. The summed E-state index contributed by atoms with van der Waals surface area (Å²) in [5.41, 5.74) is 1.38. The average molecular weight is 295 g/mol. The molecule has 0 saturated carbocycles. The minimum atomic E-state index is -0.479. The monoisotopic (exact) mass is 294 g/mol. The van der Waals surface area contributed by atoms with E-state index in [9.17, 15) is 14.4 Å². The molecule has 1 aliphatic heterocycles. The van der Waals surface area contributed by atoms with Crippen LogP contribution in [0.25, 0.3) is 0 Å². The third-order valence-electron chi connectivity index (χ3n) is 3.23. The van der Waals surface area contributed by atoms with Crippen molar-refractivity contribution in [3.05, 3.63) is 24.3 Å². The molecular weight excluding hydrogens is 280 g/mol. The molecular formula is C14H15ClN2O3. The summed E-state index contributed by atoms with van der Waals surface area (Å²) >= 11 is 5.44. The van der Waals surface area contributed by atoms with Gasteiger partial charge in [0.1, 0.15) is 0 Å². The SMILES string of the molecule is CCC(=O)Nc1ccc(N2C[C@H](C(=O)Cl)CC2=O)cc1. The molecule has 0 radical (unpaired) electrons. The molecule has 2 amide bonds. The summed E-state index contributed by atoms with van der Waals surface area (Å²) in [4.78, 5) is 35.8. The average Bonchev–Trinajstić information content (AvgIpc) is 2.82. The first-order valence-electron chi connectivity index (χ1n) is 6.41. The largest absolute Gasteiger partial charge is 0.326 e. The Kier molecular flexibility index (Phi) is 4.39. The quantitative estimate of drug-likeness (QED) is 0.865. The number of carbonyl (C=O) groups excluding carboxylic acids is 3. The van der Waals surface area contributed by atoms with Crippen LogP contribution in [0.4, 0.5) is 11.4 Å². The highest BCUT2D eigenvalue weighted by atomic mass is 35.5. The van der Waals surface area contributed by atoms with E-state index in [4.69, 9.17) is 11.6 Å². The second kappa shape index (κ2) is 6.05. The molecule has 0 aromatic heterocycles. The third kappa shape index (κ3) is 3.17. The predicted molar refractivity (Wildman–Crippen MR) is 76.7 cm³/mol. The molecule has 0 spiro atoms. The van der Waals surface area contributed by atoms with Gasteiger partial charge < -0.3 is 10.2 Å². The Bertz CT molecular complexity index is 542. The van der Waals surface area contributed by atoms with Crippen molar-refractivity contribution in [1.29, 1.82) is 0 Å². The normalized spacial score (nSPS) is 18.2. The zero-order chi connectivity index (χ0) is 14.7. The number of halogens is 1. The second-order valence-electron chi connectivity index (χ2n) is 4.66. The van der Waals surface area contributed by atoms with Gasteiger partial charge in [0.05, 0.1) is 5.92 Å². The fraction of sp³-hybridized carbons (Fsp3) is 0.357. The number of rotatable bonds is 4. The Morgan fingerprint density at radius 1 is 1.35 bits per heavy atom. The van der Waals surface area contributed by atoms with Crippen molar-refractivity contribution >= 4 is 40.0 Å². The highest BCUT2D eigenvalue weighted by Crippen LogP contribution is 2.27. The lowest BCUT2D eigenvalue weighted by Crippen LogP contribution is -2.25. The molecule has 1 atom stereocenters. The first-order valence-corrected chi connectivity index (χ1v) is 6.78. The van der Waals surface area contributed by atoms with Gasteiger partial charge in [-0.15, -0.1) is 0 Å². The molecule has 0 unspecified atom stereocenters. The van der Waals surface area contributed by atoms with E-state index in [1.54, 1.807) is 31.2 Å². The number of benzene rings is 1. The minimum absolute atomic E-state index is 0.0669. The zero-order valence-corrected chi connectivity index (χ0v) is 11.8. The predicted octanol–water partition coefficient (Wildman–Crippen LogP) is 2.15. The number of amides is 2. The van der Waals surface area contributed by atoms with Crippen molar-refractivity contribution in [3.8, 4) is 0 Å². The van der Waals surface area contributed by atoms with Crippen molar-refractivity contribution in [2.45, 2.75) is 19.8 Å². The van der Waals surface area contributed by atoms with Crippen LogP contribution in [0, 0.1) is 5.92 Å². The van der Waals surface area contributed by atoms with Crippen LogP contribution in [0.3, 0.4) is 0 Å². The standard InChI is InChI=1S/C14H15ClN2O3/c1-2-12(18)16-10-3-5-11(6-4-10)17-8-9(14(15)20)7-13(17)19/h3-6,9H,2,7-8H2,1H3,(H,16,18)/t9-/m1/s1.